The molecule has 2 aromatic rings. The van der Waals surface area contributed by atoms with E-state index in [1.165, 1.54) is 24.3 Å². The first-order valence-corrected chi connectivity index (χ1v) is 8.68. The third-order valence-corrected chi connectivity index (χ3v) is 3.88. The largest absolute Gasteiger partial charge is 0.491 e. The van der Waals surface area contributed by atoms with E-state index >= 15 is 0 Å². The predicted octanol–water partition coefficient (Wildman–Crippen LogP) is 3.99. The van der Waals surface area contributed by atoms with Gasteiger partial charge in [0.25, 0.3) is 0 Å². The maximum absolute atomic E-state index is 12.7. The van der Waals surface area contributed by atoms with E-state index in [0.717, 1.165) is 24.3 Å². The van der Waals surface area contributed by atoms with Gasteiger partial charge in [-0.1, -0.05) is 10.3 Å². The Balaban J connectivity index is 1.87. The van der Waals surface area contributed by atoms with E-state index < -0.39 is 29.9 Å². The van der Waals surface area contributed by atoms with Crippen molar-refractivity contribution in [2.75, 3.05) is 13.2 Å². The molecule has 0 spiro atoms. The van der Waals surface area contributed by atoms with Gasteiger partial charge in [0.1, 0.15) is 30.8 Å². The van der Waals surface area contributed by atoms with Crippen LogP contribution in [0.2, 0.25) is 0 Å². The molecular weight excluding hydrogens is 450 g/mol. The molecular formula is C19H16F6N2O5. The second-order valence-corrected chi connectivity index (χ2v) is 6.22. The Morgan fingerprint density at radius 2 is 1.00 bits per heavy atom. The molecule has 0 bridgehead atoms. The molecule has 0 aliphatic carbocycles. The number of oxime groups is 2. The van der Waals surface area contributed by atoms with Crippen molar-refractivity contribution in [2.45, 2.75) is 18.5 Å². The molecule has 13 heteroatoms. The summed E-state index contributed by atoms with van der Waals surface area (Å²) in [6.45, 7) is -0.597. The van der Waals surface area contributed by atoms with E-state index in [1.807, 2.05) is 0 Å². The molecule has 0 fully saturated rings. The van der Waals surface area contributed by atoms with Crippen molar-refractivity contribution < 1.29 is 51.3 Å². The zero-order valence-electron chi connectivity index (χ0n) is 15.9. The maximum Gasteiger partial charge on any atom is 0.437 e. The molecule has 0 atom stereocenters. The Morgan fingerprint density at radius 3 is 1.25 bits per heavy atom. The number of aliphatic hydroxyl groups is 1. The number of alkyl halides is 6. The van der Waals surface area contributed by atoms with Crippen LogP contribution in [0.5, 0.6) is 11.5 Å². The minimum atomic E-state index is -4.85. The standard InChI is InChI=1S/C19H16F6N2O5/c20-18(21,22)16(26-29)11-1-5-14(6-2-11)31-9-13(28)10-32-15-7-3-12(4-8-15)17(27-30)19(23,24)25/h1-8,13,28-30H,9-10H2/b26-16-,27-17-. The zero-order chi connectivity index (χ0) is 23.9. The summed E-state index contributed by atoms with van der Waals surface area (Å²) in [7, 11) is 0. The van der Waals surface area contributed by atoms with Crippen LogP contribution in [-0.2, 0) is 0 Å². The Bertz CT molecular complexity index is 863. The second-order valence-electron chi connectivity index (χ2n) is 6.22. The van der Waals surface area contributed by atoms with Gasteiger partial charge in [0, 0.05) is 11.1 Å². The fourth-order valence-electron chi connectivity index (χ4n) is 2.41. The van der Waals surface area contributed by atoms with Gasteiger partial charge in [-0.05, 0) is 48.5 Å². The average Bonchev–Trinajstić information content (AvgIpc) is 2.71. The lowest BCUT2D eigenvalue weighted by atomic mass is 10.1. The van der Waals surface area contributed by atoms with Gasteiger partial charge in [0.05, 0.1) is 0 Å². The van der Waals surface area contributed by atoms with Gasteiger partial charge in [-0.15, -0.1) is 0 Å². The summed E-state index contributed by atoms with van der Waals surface area (Å²) in [6, 6.07) is 8.80. The summed E-state index contributed by atoms with van der Waals surface area (Å²) in [4.78, 5) is 0. The molecule has 0 unspecified atom stereocenters. The number of aliphatic hydroxyl groups excluding tert-OH is 1. The molecule has 0 aliphatic rings. The third kappa shape index (κ3) is 6.77. The quantitative estimate of drug-likeness (QED) is 0.236. The number of hydrogen-bond donors (Lipinski definition) is 3. The van der Waals surface area contributed by atoms with Crippen molar-refractivity contribution in [1.82, 2.24) is 0 Å². The highest BCUT2D eigenvalue weighted by Crippen LogP contribution is 2.25. The zero-order valence-corrected chi connectivity index (χ0v) is 15.9. The molecule has 0 aromatic heterocycles. The lowest BCUT2D eigenvalue weighted by Gasteiger charge is -2.15. The van der Waals surface area contributed by atoms with Gasteiger partial charge in [-0.25, -0.2) is 0 Å². The highest BCUT2D eigenvalue weighted by atomic mass is 19.4. The topological polar surface area (TPSA) is 104 Å². The van der Waals surface area contributed by atoms with Crippen molar-refractivity contribution in [1.29, 1.82) is 0 Å². The van der Waals surface area contributed by atoms with Crippen molar-refractivity contribution in [3.05, 3.63) is 59.7 Å². The number of nitrogens with zero attached hydrogens (tertiary/aromatic N) is 2. The molecule has 2 rings (SSSR count). The van der Waals surface area contributed by atoms with Crippen LogP contribution in [0, 0.1) is 0 Å². The number of benzene rings is 2. The molecule has 2 aromatic carbocycles. The van der Waals surface area contributed by atoms with Crippen molar-refractivity contribution in [2.24, 2.45) is 10.3 Å². The average molecular weight is 466 g/mol. The smallest absolute Gasteiger partial charge is 0.437 e. The van der Waals surface area contributed by atoms with Crippen molar-refractivity contribution in [3.63, 3.8) is 0 Å². The molecule has 0 aliphatic heterocycles. The van der Waals surface area contributed by atoms with Crippen LogP contribution in [0.3, 0.4) is 0 Å². The fourth-order valence-corrected chi connectivity index (χ4v) is 2.41. The Hall–Kier alpha value is -3.48. The number of halogens is 6. The van der Waals surface area contributed by atoms with E-state index in [-0.39, 0.29) is 35.8 Å². The van der Waals surface area contributed by atoms with E-state index in [9.17, 15) is 31.4 Å². The molecule has 0 radical (unpaired) electrons. The fraction of sp³-hybridized carbons (Fsp3) is 0.263. The summed E-state index contributed by atoms with van der Waals surface area (Å²) >= 11 is 0. The SMILES string of the molecule is O/N=C(/c1ccc(OCC(O)COc2ccc(/C(=N/O)C(F)(F)F)cc2)cc1)C(F)(F)F. The minimum Gasteiger partial charge on any atom is -0.491 e. The van der Waals surface area contributed by atoms with E-state index in [1.54, 1.807) is 0 Å². The van der Waals surface area contributed by atoms with E-state index in [2.05, 4.69) is 10.3 Å². The predicted molar refractivity (Wildman–Crippen MR) is 98.6 cm³/mol. The molecule has 0 saturated carbocycles. The van der Waals surface area contributed by atoms with Crippen LogP contribution in [0.15, 0.2) is 58.8 Å². The minimum absolute atomic E-state index is 0.125. The van der Waals surface area contributed by atoms with Gasteiger partial charge in [-0.3, -0.25) is 0 Å². The lowest BCUT2D eigenvalue weighted by molar-refractivity contribution is -0.0610. The summed E-state index contributed by atoms with van der Waals surface area (Å²) in [5, 5.41) is 31.4. The monoisotopic (exact) mass is 466 g/mol. The van der Waals surface area contributed by atoms with Gasteiger partial charge < -0.3 is 25.0 Å². The Morgan fingerprint density at radius 1 is 0.688 bits per heavy atom. The molecule has 174 valence electrons. The van der Waals surface area contributed by atoms with Gasteiger partial charge >= 0.3 is 12.4 Å². The van der Waals surface area contributed by atoms with Crippen LogP contribution in [-0.4, -0.2) is 58.6 Å². The van der Waals surface area contributed by atoms with E-state index in [0.29, 0.717) is 0 Å². The summed E-state index contributed by atoms with van der Waals surface area (Å²) in [5.74, 6) is 0.249. The molecule has 7 nitrogen and oxygen atoms in total. The highest BCUT2D eigenvalue weighted by Gasteiger charge is 2.38. The van der Waals surface area contributed by atoms with Crippen LogP contribution in [0.4, 0.5) is 26.3 Å². The Kier molecular flexibility index (Phi) is 7.92. The number of hydrogen-bond acceptors (Lipinski definition) is 7. The van der Waals surface area contributed by atoms with Crippen molar-refractivity contribution >= 4 is 11.4 Å². The first-order valence-electron chi connectivity index (χ1n) is 8.68. The summed E-state index contributed by atoms with van der Waals surface area (Å²) < 4.78 is 86.5. The van der Waals surface area contributed by atoms with Crippen LogP contribution < -0.4 is 9.47 Å². The molecule has 32 heavy (non-hydrogen) atoms. The third-order valence-electron chi connectivity index (χ3n) is 3.88. The van der Waals surface area contributed by atoms with Crippen LogP contribution in [0.1, 0.15) is 11.1 Å². The highest BCUT2D eigenvalue weighted by molar-refractivity contribution is 6.04. The van der Waals surface area contributed by atoms with Crippen LogP contribution in [0.25, 0.3) is 0 Å². The normalized spacial score (nSPS) is 13.4. The number of rotatable bonds is 8. The first-order chi connectivity index (χ1) is 15.0. The molecule has 0 amide bonds. The van der Waals surface area contributed by atoms with Crippen molar-refractivity contribution in [3.8, 4) is 11.5 Å². The maximum atomic E-state index is 12.7. The second kappa shape index (κ2) is 10.2. The van der Waals surface area contributed by atoms with E-state index in [4.69, 9.17) is 19.9 Å². The molecule has 0 heterocycles. The molecule has 0 saturated heterocycles. The Labute approximate surface area is 176 Å². The first kappa shape index (κ1) is 24.8. The molecule has 3 N–H and O–H groups in total. The summed E-state index contributed by atoms with van der Waals surface area (Å²) in [5.41, 5.74) is -3.73. The van der Waals surface area contributed by atoms with Gasteiger partial charge in [-0.2, -0.15) is 26.3 Å². The van der Waals surface area contributed by atoms with Gasteiger partial charge in [0.15, 0.2) is 11.4 Å². The number of ether oxygens (including phenoxy) is 2. The van der Waals surface area contributed by atoms with Gasteiger partial charge in [0.2, 0.25) is 0 Å². The van der Waals surface area contributed by atoms with Crippen LogP contribution >= 0.6 is 0 Å². The summed E-state index contributed by atoms with van der Waals surface area (Å²) in [6.07, 6.45) is -10.9. The lowest BCUT2D eigenvalue weighted by Crippen LogP contribution is -2.25.